The van der Waals surface area contributed by atoms with Gasteiger partial charge in [0, 0.05) is 0 Å². The molecule has 1 atom stereocenters. The fourth-order valence-corrected chi connectivity index (χ4v) is 0.856. The van der Waals surface area contributed by atoms with Crippen LogP contribution in [0.5, 0.6) is 0 Å². The minimum Gasteiger partial charge on any atom is -0.378 e. The quantitative estimate of drug-likeness (QED) is 0.322. The lowest BCUT2D eigenvalue weighted by molar-refractivity contribution is 0.147. The lowest BCUT2D eigenvalue weighted by Gasteiger charge is -2.10. The highest BCUT2D eigenvalue weighted by Gasteiger charge is 2.15. The molecule has 9 heavy (non-hydrogen) atoms. The van der Waals surface area contributed by atoms with E-state index < -0.39 is 14.0 Å². The van der Waals surface area contributed by atoms with Crippen molar-refractivity contribution in [2.45, 2.75) is 19.6 Å². The molecule has 5 nitrogen and oxygen atoms in total. The van der Waals surface area contributed by atoms with E-state index in [1.54, 1.807) is 12.0 Å². The van der Waals surface area contributed by atoms with Crippen molar-refractivity contribution in [3.05, 3.63) is 0 Å². The van der Waals surface area contributed by atoms with Gasteiger partial charge >= 0.3 is 7.75 Å². The first-order chi connectivity index (χ1) is 3.95. The maximum absolute atomic E-state index is 10.0. The van der Waals surface area contributed by atoms with Gasteiger partial charge < -0.3 is 14.9 Å². The minimum atomic E-state index is -4.24. The van der Waals surface area contributed by atoms with E-state index in [1.165, 1.54) is 0 Å². The molecule has 4 N–H and O–H groups in total. The second kappa shape index (κ2) is 3.29. The lowest BCUT2D eigenvalue weighted by atomic mass is 10.5. The van der Waals surface area contributed by atoms with Crippen molar-refractivity contribution in [3.8, 4) is 0 Å². The molecule has 0 heterocycles. The van der Waals surface area contributed by atoms with Crippen molar-refractivity contribution < 1.29 is 19.5 Å². The Morgan fingerprint density at radius 1 is 1.67 bits per heavy atom. The Morgan fingerprint density at radius 2 is 2.11 bits per heavy atom. The summed E-state index contributed by atoms with van der Waals surface area (Å²) in [6, 6.07) is 0. The number of aliphatic hydroxyl groups is 1. The first kappa shape index (κ1) is 9.07. The van der Waals surface area contributed by atoms with Crippen LogP contribution < -0.4 is 5.09 Å². The van der Waals surface area contributed by atoms with Crippen LogP contribution in [0.2, 0.25) is 0 Å². The van der Waals surface area contributed by atoms with Crippen molar-refractivity contribution in [2.75, 3.05) is 0 Å². The van der Waals surface area contributed by atoms with Crippen LogP contribution in [0.3, 0.4) is 0 Å². The molecule has 6 heteroatoms. The molecule has 56 valence electrons. The summed E-state index contributed by atoms with van der Waals surface area (Å²) in [7, 11) is -4.24. The highest BCUT2D eigenvalue weighted by atomic mass is 31.2. The van der Waals surface area contributed by atoms with E-state index in [0.717, 1.165) is 0 Å². The maximum atomic E-state index is 10.0. The van der Waals surface area contributed by atoms with E-state index in [-0.39, 0.29) is 6.42 Å². The number of aliphatic hydroxyl groups excluding tert-OH is 1. The maximum Gasteiger partial charge on any atom is 0.402 e. The number of nitrogens with one attached hydrogen (secondary N) is 1. The predicted molar refractivity (Wildman–Crippen MR) is 31.5 cm³/mol. The van der Waals surface area contributed by atoms with E-state index >= 15 is 0 Å². The SMILES string of the molecule is CCC(O)NP(=O)(O)O. The standard InChI is InChI=1S/C3H10NO4P/c1-2-3(5)4-9(6,7)8/h3,5H,2H2,1H3,(H3,4,6,7,8). The van der Waals surface area contributed by atoms with E-state index in [4.69, 9.17) is 14.9 Å². The molecule has 0 saturated heterocycles. The molecular formula is C3H10NO4P. The Hall–Kier alpha value is 0.0700. The summed E-state index contributed by atoms with van der Waals surface area (Å²) in [6.45, 7) is 1.60. The average molecular weight is 155 g/mol. The zero-order chi connectivity index (χ0) is 7.49. The molecule has 0 amide bonds. The fourth-order valence-electron chi connectivity index (χ4n) is 0.285. The van der Waals surface area contributed by atoms with E-state index in [2.05, 4.69) is 0 Å². The van der Waals surface area contributed by atoms with Gasteiger partial charge in [0.1, 0.15) is 6.23 Å². The van der Waals surface area contributed by atoms with Crippen LogP contribution in [-0.4, -0.2) is 21.1 Å². The summed E-state index contributed by atoms with van der Waals surface area (Å²) in [6.07, 6.45) is -0.851. The number of rotatable bonds is 3. The number of hydrogen-bond donors (Lipinski definition) is 4. The summed E-state index contributed by atoms with van der Waals surface area (Å²) < 4.78 is 10.0. The third kappa shape index (κ3) is 5.95. The Kier molecular flexibility index (Phi) is 3.32. The second-order valence-corrected chi connectivity index (χ2v) is 2.94. The molecule has 0 saturated carbocycles. The summed E-state index contributed by atoms with van der Waals surface area (Å²) in [5.74, 6) is 0. The molecule has 0 aliphatic heterocycles. The Bertz CT molecular complexity index is 121. The molecule has 0 aliphatic carbocycles. The van der Waals surface area contributed by atoms with Crippen LogP contribution in [0.25, 0.3) is 0 Å². The van der Waals surface area contributed by atoms with Crippen molar-refractivity contribution in [1.82, 2.24) is 5.09 Å². The fraction of sp³-hybridized carbons (Fsp3) is 1.00. The van der Waals surface area contributed by atoms with Gasteiger partial charge in [-0.15, -0.1) is 0 Å². The predicted octanol–water partition coefficient (Wildman–Crippen LogP) is -0.603. The van der Waals surface area contributed by atoms with Crippen molar-refractivity contribution >= 4 is 7.75 Å². The molecule has 0 bridgehead atoms. The minimum absolute atomic E-state index is 0.269. The first-order valence-electron chi connectivity index (χ1n) is 2.47. The van der Waals surface area contributed by atoms with Crippen molar-refractivity contribution in [3.63, 3.8) is 0 Å². The van der Waals surface area contributed by atoms with Crippen LogP contribution in [0.15, 0.2) is 0 Å². The van der Waals surface area contributed by atoms with E-state index in [9.17, 15) is 4.57 Å². The van der Waals surface area contributed by atoms with Crippen LogP contribution in [-0.2, 0) is 4.57 Å². The van der Waals surface area contributed by atoms with Gasteiger partial charge in [-0.05, 0) is 6.42 Å². The first-order valence-corrected chi connectivity index (χ1v) is 4.08. The van der Waals surface area contributed by atoms with Crippen LogP contribution >= 0.6 is 7.75 Å². The van der Waals surface area contributed by atoms with E-state index in [1.807, 2.05) is 0 Å². The second-order valence-electron chi connectivity index (χ2n) is 1.60. The monoisotopic (exact) mass is 155 g/mol. The molecule has 0 spiro atoms. The van der Waals surface area contributed by atoms with Crippen LogP contribution in [0, 0.1) is 0 Å². The zero-order valence-electron chi connectivity index (χ0n) is 4.98. The van der Waals surface area contributed by atoms with Gasteiger partial charge in [0.15, 0.2) is 0 Å². The topological polar surface area (TPSA) is 89.8 Å². The normalized spacial score (nSPS) is 15.6. The van der Waals surface area contributed by atoms with Crippen molar-refractivity contribution in [1.29, 1.82) is 0 Å². The molecule has 0 fully saturated rings. The molecule has 0 radical (unpaired) electrons. The highest BCUT2D eigenvalue weighted by Crippen LogP contribution is 2.28. The molecule has 0 aromatic carbocycles. The third-order valence-corrected chi connectivity index (χ3v) is 1.34. The third-order valence-electron chi connectivity index (χ3n) is 0.704. The summed E-state index contributed by atoms with van der Waals surface area (Å²) in [4.78, 5) is 16.3. The Labute approximate surface area is 52.9 Å². The van der Waals surface area contributed by atoms with Crippen LogP contribution in [0.1, 0.15) is 13.3 Å². The van der Waals surface area contributed by atoms with Gasteiger partial charge in [-0.2, -0.15) is 5.09 Å². The largest absolute Gasteiger partial charge is 0.402 e. The molecule has 0 aliphatic rings. The Balaban J connectivity index is 3.60. The highest BCUT2D eigenvalue weighted by molar-refractivity contribution is 7.49. The zero-order valence-corrected chi connectivity index (χ0v) is 5.88. The molecule has 0 rings (SSSR count). The molecule has 1 unspecified atom stereocenters. The van der Waals surface area contributed by atoms with Gasteiger partial charge in [0.25, 0.3) is 0 Å². The van der Waals surface area contributed by atoms with Gasteiger partial charge in [0.05, 0.1) is 0 Å². The average Bonchev–Trinajstić information content (AvgIpc) is 1.62. The molecule has 0 aromatic rings. The number of hydrogen-bond acceptors (Lipinski definition) is 2. The van der Waals surface area contributed by atoms with E-state index in [0.29, 0.717) is 0 Å². The molecule has 0 aromatic heterocycles. The van der Waals surface area contributed by atoms with Crippen LogP contribution in [0.4, 0.5) is 0 Å². The Morgan fingerprint density at radius 3 is 2.22 bits per heavy atom. The summed E-state index contributed by atoms with van der Waals surface area (Å²) in [5.41, 5.74) is 0. The van der Waals surface area contributed by atoms with Gasteiger partial charge in [-0.1, -0.05) is 6.92 Å². The molecular weight excluding hydrogens is 145 g/mol. The van der Waals surface area contributed by atoms with Gasteiger partial charge in [0.2, 0.25) is 0 Å². The van der Waals surface area contributed by atoms with Gasteiger partial charge in [-0.25, -0.2) is 4.57 Å². The summed E-state index contributed by atoms with van der Waals surface area (Å²) >= 11 is 0. The smallest absolute Gasteiger partial charge is 0.378 e. The lowest BCUT2D eigenvalue weighted by Crippen LogP contribution is -2.24. The summed E-state index contributed by atoms with van der Waals surface area (Å²) in [5, 5.41) is 10.3. The van der Waals surface area contributed by atoms with Gasteiger partial charge in [-0.3, -0.25) is 0 Å². The van der Waals surface area contributed by atoms with Crippen molar-refractivity contribution in [2.24, 2.45) is 0 Å².